The molecule has 3 rings (SSSR count). The summed E-state index contributed by atoms with van der Waals surface area (Å²) in [5, 5.41) is 3.35. The number of aromatic nitrogens is 1. The standard InChI is InChI=1S/C15H14ClN3O/c16-12-5-8-18-9-13(12)19-14(20)15(6-7-15)10-1-3-11(17)4-2-10/h1-5,8-9H,6-7,17H2,(H,19,20). The summed E-state index contributed by atoms with van der Waals surface area (Å²) in [7, 11) is 0. The molecule has 1 aliphatic carbocycles. The average Bonchev–Trinajstić information content (AvgIpc) is 3.24. The molecule has 2 aromatic rings. The fraction of sp³-hybridized carbons (Fsp3) is 0.200. The smallest absolute Gasteiger partial charge is 0.235 e. The number of rotatable bonds is 3. The topological polar surface area (TPSA) is 68.0 Å². The molecule has 0 saturated heterocycles. The van der Waals surface area contributed by atoms with Gasteiger partial charge in [-0.1, -0.05) is 23.7 Å². The van der Waals surface area contributed by atoms with Crippen molar-refractivity contribution >= 4 is 28.9 Å². The molecule has 1 aliphatic rings. The molecule has 1 amide bonds. The van der Waals surface area contributed by atoms with Gasteiger partial charge in [-0.05, 0) is 36.6 Å². The number of pyridine rings is 1. The summed E-state index contributed by atoms with van der Waals surface area (Å²) in [5.41, 5.74) is 7.46. The molecule has 0 aliphatic heterocycles. The molecule has 4 nitrogen and oxygen atoms in total. The molecule has 5 heteroatoms. The predicted octanol–water partition coefficient (Wildman–Crippen LogP) is 2.99. The lowest BCUT2D eigenvalue weighted by Gasteiger charge is -2.16. The van der Waals surface area contributed by atoms with E-state index in [1.54, 1.807) is 18.5 Å². The van der Waals surface area contributed by atoms with Gasteiger partial charge in [-0.2, -0.15) is 0 Å². The van der Waals surface area contributed by atoms with Crippen molar-refractivity contribution in [1.29, 1.82) is 0 Å². The van der Waals surface area contributed by atoms with Gasteiger partial charge in [0.25, 0.3) is 0 Å². The van der Waals surface area contributed by atoms with E-state index < -0.39 is 5.41 Å². The number of benzene rings is 1. The van der Waals surface area contributed by atoms with Crippen molar-refractivity contribution in [3.8, 4) is 0 Å². The number of nitrogen functional groups attached to an aromatic ring is 1. The van der Waals surface area contributed by atoms with Crippen molar-refractivity contribution < 1.29 is 4.79 Å². The van der Waals surface area contributed by atoms with Crippen molar-refractivity contribution in [2.24, 2.45) is 0 Å². The van der Waals surface area contributed by atoms with Crippen LogP contribution in [0, 0.1) is 0 Å². The zero-order chi connectivity index (χ0) is 14.2. The quantitative estimate of drug-likeness (QED) is 0.853. The first-order chi connectivity index (χ1) is 9.62. The third kappa shape index (κ3) is 2.23. The highest BCUT2D eigenvalue weighted by Crippen LogP contribution is 2.49. The molecule has 1 aromatic heterocycles. The van der Waals surface area contributed by atoms with E-state index >= 15 is 0 Å². The number of halogens is 1. The number of nitrogens with one attached hydrogen (secondary N) is 1. The molecule has 1 aromatic carbocycles. The monoisotopic (exact) mass is 287 g/mol. The van der Waals surface area contributed by atoms with Crippen molar-refractivity contribution in [1.82, 2.24) is 4.98 Å². The molecule has 1 saturated carbocycles. The number of anilines is 2. The second-order valence-electron chi connectivity index (χ2n) is 5.01. The summed E-state index contributed by atoms with van der Waals surface area (Å²) in [4.78, 5) is 16.5. The van der Waals surface area contributed by atoms with Gasteiger partial charge in [0.15, 0.2) is 0 Å². The van der Waals surface area contributed by atoms with Gasteiger partial charge in [-0.3, -0.25) is 9.78 Å². The zero-order valence-electron chi connectivity index (χ0n) is 10.8. The average molecular weight is 288 g/mol. The first kappa shape index (κ1) is 12.9. The molecule has 1 fully saturated rings. The normalized spacial score (nSPS) is 15.7. The van der Waals surface area contributed by atoms with Gasteiger partial charge in [0.2, 0.25) is 5.91 Å². The van der Waals surface area contributed by atoms with Crippen LogP contribution in [0.2, 0.25) is 5.02 Å². The van der Waals surface area contributed by atoms with E-state index in [1.165, 1.54) is 0 Å². The minimum absolute atomic E-state index is 0.0443. The van der Waals surface area contributed by atoms with Crippen LogP contribution in [0.25, 0.3) is 0 Å². The Balaban J connectivity index is 1.84. The zero-order valence-corrected chi connectivity index (χ0v) is 11.5. The number of nitrogens with zero attached hydrogens (tertiary/aromatic N) is 1. The number of carbonyl (C=O) groups excluding carboxylic acids is 1. The molecule has 20 heavy (non-hydrogen) atoms. The first-order valence-corrected chi connectivity index (χ1v) is 6.77. The van der Waals surface area contributed by atoms with Gasteiger partial charge >= 0.3 is 0 Å². The van der Waals surface area contributed by atoms with Gasteiger partial charge in [-0.25, -0.2) is 0 Å². The molecule has 102 valence electrons. The highest BCUT2D eigenvalue weighted by Gasteiger charge is 2.51. The van der Waals surface area contributed by atoms with E-state index in [9.17, 15) is 4.79 Å². The minimum atomic E-state index is -0.452. The summed E-state index contributed by atoms with van der Waals surface area (Å²) >= 11 is 6.03. The third-order valence-electron chi connectivity index (χ3n) is 3.66. The Hall–Kier alpha value is -2.07. The van der Waals surface area contributed by atoms with E-state index in [1.807, 2.05) is 24.3 Å². The van der Waals surface area contributed by atoms with Crippen LogP contribution in [-0.4, -0.2) is 10.9 Å². The lowest BCUT2D eigenvalue weighted by Crippen LogP contribution is -2.28. The maximum atomic E-state index is 12.5. The second-order valence-corrected chi connectivity index (χ2v) is 5.42. The van der Waals surface area contributed by atoms with Gasteiger partial charge < -0.3 is 11.1 Å². The molecule has 0 radical (unpaired) electrons. The Morgan fingerprint density at radius 3 is 2.55 bits per heavy atom. The van der Waals surface area contributed by atoms with Gasteiger partial charge in [0, 0.05) is 11.9 Å². The van der Waals surface area contributed by atoms with E-state index in [4.69, 9.17) is 17.3 Å². The van der Waals surface area contributed by atoms with Crippen LogP contribution in [0.1, 0.15) is 18.4 Å². The Bertz CT molecular complexity index is 650. The predicted molar refractivity (Wildman–Crippen MR) is 79.6 cm³/mol. The number of hydrogen-bond acceptors (Lipinski definition) is 3. The highest BCUT2D eigenvalue weighted by atomic mass is 35.5. The number of amides is 1. The van der Waals surface area contributed by atoms with Crippen LogP contribution in [-0.2, 0) is 10.2 Å². The molecular weight excluding hydrogens is 274 g/mol. The SMILES string of the molecule is Nc1ccc(C2(C(=O)Nc3cnccc3Cl)CC2)cc1. The second kappa shape index (κ2) is 4.80. The van der Waals surface area contributed by atoms with Crippen LogP contribution >= 0.6 is 11.6 Å². The van der Waals surface area contributed by atoms with Crippen molar-refractivity contribution in [3.05, 3.63) is 53.3 Å². The largest absolute Gasteiger partial charge is 0.399 e. The van der Waals surface area contributed by atoms with Gasteiger partial charge in [0.1, 0.15) is 0 Å². The van der Waals surface area contributed by atoms with Crippen LogP contribution in [0.5, 0.6) is 0 Å². The minimum Gasteiger partial charge on any atom is -0.399 e. The molecule has 0 spiro atoms. The third-order valence-corrected chi connectivity index (χ3v) is 3.99. The van der Waals surface area contributed by atoms with Crippen molar-refractivity contribution in [3.63, 3.8) is 0 Å². The Morgan fingerprint density at radius 1 is 1.25 bits per heavy atom. The molecule has 0 atom stereocenters. The van der Waals surface area contributed by atoms with Crippen molar-refractivity contribution in [2.45, 2.75) is 18.3 Å². The molecule has 1 heterocycles. The van der Waals surface area contributed by atoms with Crippen LogP contribution in [0.4, 0.5) is 11.4 Å². The maximum Gasteiger partial charge on any atom is 0.235 e. The summed E-state index contributed by atoms with van der Waals surface area (Å²) in [6.07, 6.45) is 4.81. The van der Waals surface area contributed by atoms with E-state index in [-0.39, 0.29) is 5.91 Å². The van der Waals surface area contributed by atoms with Crippen LogP contribution < -0.4 is 11.1 Å². The Morgan fingerprint density at radius 2 is 1.95 bits per heavy atom. The molecule has 3 N–H and O–H groups in total. The summed E-state index contributed by atoms with van der Waals surface area (Å²) in [6, 6.07) is 9.11. The first-order valence-electron chi connectivity index (χ1n) is 6.39. The van der Waals surface area contributed by atoms with Gasteiger partial charge in [0.05, 0.1) is 22.3 Å². The van der Waals surface area contributed by atoms with E-state index in [2.05, 4.69) is 10.3 Å². The lowest BCUT2D eigenvalue weighted by atomic mass is 9.94. The summed E-state index contributed by atoms with van der Waals surface area (Å²) in [6.45, 7) is 0. The maximum absolute atomic E-state index is 12.5. The fourth-order valence-corrected chi connectivity index (χ4v) is 2.44. The Kier molecular flexibility index (Phi) is 3.10. The molecule has 0 unspecified atom stereocenters. The van der Waals surface area contributed by atoms with Crippen LogP contribution in [0.3, 0.4) is 0 Å². The highest BCUT2D eigenvalue weighted by molar-refractivity contribution is 6.33. The summed E-state index contributed by atoms with van der Waals surface area (Å²) in [5.74, 6) is -0.0443. The Labute approximate surface area is 122 Å². The van der Waals surface area contributed by atoms with Crippen molar-refractivity contribution in [2.75, 3.05) is 11.1 Å². The van der Waals surface area contributed by atoms with Gasteiger partial charge in [-0.15, -0.1) is 0 Å². The van der Waals surface area contributed by atoms with Crippen LogP contribution in [0.15, 0.2) is 42.7 Å². The lowest BCUT2D eigenvalue weighted by molar-refractivity contribution is -0.118. The fourth-order valence-electron chi connectivity index (χ4n) is 2.29. The van der Waals surface area contributed by atoms with E-state index in [0.29, 0.717) is 16.4 Å². The number of nitrogens with two attached hydrogens (primary N) is 1. The number of carbonyl (C=O) groups is 1. The molecular formula is C15H14ClN3O. The molecule has 0 bridgehead atoms. The number of hydrogen-bond donors (Lipinski definition) is 2. The summed E-state index contributed by atoms with van der Waals surface area (Å²) < 4.78 is 0. The van der Waals surface area contributed by atoms with E-state index in [0.717, 1.165) is 18.4 Å².